The second-order valence-corrected chi connectivity index (χ2v) is 4.89. The lowest BCUT2D eigenvalue weighted by Gasteiger charge is -2.12. The zero-order valence-electron chi connectivity index (χ0n) is 8.54. The standard InChI is InChI=1S/C10H11BrFNO2S/c1-16-10-6(11)2-5(3-7(10)12)8(13)4-9(14)15/h2-3,8H,4,13H2,1H3,(H,14,15). The molecule has 0 radical (unpaired) electrons. The zero-order chi connectivity index (χ0) is 12.3. The molecule has 3 N–H and O–H groups in total. The van der Waals surface area contributed by atoms with Gasteiger partial charge in [-0.05, 0) is 39.9 Å². The van der Waals surface area contributed by atoms with Crippen LogP contribution >= 0.6 is 27.7 Å². The second-order valence-electron chi connectivity index (χ2n) is 3.22. The molecule has 88 valence electrons. The van der Waals surface area contributed by atoms with Crippen molar-refractivity contribution in [1.29, 1.82) is 0 Å². The van der Waals surface area contributed by atoms with Crippen LogP contribution in [-0.4, -0.2) is 17.3 Å². The van der Waals surface area contributed by atoms with Crippen LogP contribution < -0.4 is 5.73 Å². The van der Waals surface area contributed by atoms with E-state index in [1.807, 2.05) is 0 Å². The maximum absolute atomic E-state index is 13.6. The maximum Gasteiger partial charge on any atom is 0.305 e. The van der Waals surface area contributed by atoms with Crippen LogP contribution in [0, 0.1) is 5.82 Å². The van der Waals surface area contributed by atoms with Crippen LogP contribution in [0.25, 0.3) is 0 Å². The van der Waals surface area contributed by atoms with Gasteiger partial charge >= 0.3 is 5.97 Å². The minimum absolute atomic E-state index is 0.218. The van der Waals surface area contributed by atoms with Gasteiger partial charge in [0.25, 0.3) is 0 Å². The van der Waals surface area contributed by atoms with Crippen molar-refractivity contribution in [1.82, 2.24) is 0 Å². The Hall–Kier alpha value is -0.590. The summed E-state index contributed by atoms with van der Waals surface area (Å²) >= 11 is 4.51. The summed E-state index contributed by atoms with van der Waals surface area (Å²) in [7, 11) is 0. The molecule has 0 spiro atoms. The SMILES string of the molecule is CSc1c(F)cc(C(N)CC(=O)O)cc1Br. The topological polar surface area (TPSA) is 63.3 Å². The van der Waals surface area contributed by atoms with Crippen LogP contribution in [0.15, 0.2) is 21.5 Å². The first kappa shape index (κ1) is 13.5. The van der Waals surface area contributed by atoms with Crippen molar-refractivity contribution in [3.8, 4) is 0 Å². The van der Waals surface area contributed by atoms with E-state index in [1.165, 1.54) is 17.8 Å². The van der Waals surface area contributed by atoms with Gasteiger partial charge in [0.05, 0.1) is 11.3 Å². The number of thioether (sulfide) groups is 1. The molecule has 16 heavy (non-hydrogen) atoms. The van der Waals surface area contributed by atoms with E-state index in [0.29, 0.717) is 14.9 Å². The van der Waals surface area contributed by atoms with Gasteiger partial charge in [0.1, 0.15) is 5.82 Å². The fourth-order valence-corrected chi connectivity index (χ4v) is 2.74. The average Bonchev–Trinajstić information content (AvgIpc) is 2.16. The number of halogens is 2. The highest BCUT2D eigenvalue weighted by Gasteiger charge is 2.15. The molecule has 0 aliphatic heterocycles. The molecule has 3 nitrogen and oxygen atoms in total. The van der Waals surface area contributed by atoms with Crippen molar-refractivity contribution in [3.05, 3.63) is 28.0 Å². The van der Waals surface area contributed by atoms with E-state index >= 15 is 0 Å². The lowest BCUT2D eigenvalue weighted by Crippen LogP contribution is -2.15. The molecule has 1 aromatic carbocycles. The third-order valence-corrected chi connectivity index (χ3v) is 3.76. The normalized spacial score (nSPS) is 12.5. The Kier molecular flexibility index (Phi) is 4.76. The third-order valence-electron chi connectivity index (χ3n) is 2.05. The highest BCUT2D eigenvalue weighted by molar-refractivity contribution is 9.10. The smallest absolute Gasteiger partial charge is 0.305 e. The first-order valence-electron chi connectivity index (χ1n) is 4.46. The second kappa shape index (κ2) is 5.65. The molecule has 1 rings (SSSR count). The number of carbonyl (C=O) groups is 1. The van der Waals surface area contributed by atoms with Gasteiger partial charge < -0.3 is 10.8 Å². The first-order chi connectivity index (χ1) is 7.45. The Morgan fingerprint density at radius 3 is 2.75 bits per heavy atom. The Bertz CT molecular complexity index is 391. The number of aliphatic carboxylic acids is 1. The number of carboxylic acid groups (broad SMARTS) is 1. The van der Waals surface area contributed by atoms with E-state index in [-0.39, 0.29) is 6.42 Å². The van der Waals surface area contributed by atoms with Crippen molar-refractivity contribution in [2.24, 2.45) is 5.73 Å². The highest BCUT2D eigenvalue weighted by Crippen LogP contribution is 2.31. The molecule has 1 unspecified atom stereocenters. The van der Waals surface area contributed by atoms with Crippen LogP contribution in [-0.2, 0) is 4.79 Å². The molecule has 0 heterocycles. The number of benzene rings is 1. The van der Waals surface area contributed by atoms with Gasteiger partial charge in [-0.25, -0.2) is 4.39 Å². The molecule has 0 bridgehead atoms. The lowest BCUT2D eigenvalue weighted by atomic mass is 10.0. The predicted molar refractivity (Wildman–Crippen MR) is 65.1 cm³/mol. The average molecular weight is 308 g/mol. The molecule has 1 aromatic rings. The fourth-order valence-electron chi connectivity index (χ4n) is 1.29. The van der Waals surface area contributed by atoms with Gasteiger partial charge in [-0.2, -0.15) is 0 Å². The summed E-state index contributed by atoms with van der Waals surface area (Å²) in [4.78, 5) is 11.0. The Morgan fingerprint density at radius 1 is 1.69 bits per heavy atom. The van der Waals surface area contributed by atoms with Crippen molar-refractivity contribution in [3.63, 3.8) is 0 Å². The molecule has 0 saturated heterocycles. The van der Waals surface area contributed by atoms with E-state index in [0.717, 1.165) is 0 Å². The Labute approximate surface area is 105 Å². The summed E-state index contributed by atoms with van der Waals surface area (Å²) in [6.45, 7) is 0. The van der Waals surface area contributed by atoms with Crippen molar-refractivity contribution in [2.45, 2.75) is 17.4 Å². The summed E-state index contributed by atoms with van der Waals surface area (Å²) in [5.74, 6) is -1.39. The quantitative estimate of drug-likeness (QED) is 0.840. The molecule has 0 fully saturated rings. The van der Waals surface area contributed by atoms with Crippen LogP contribution in [0.5, 0.6) is 0 Å². The van der Waals surface area contributed by atoms with Gasteiger partial charge in [0.2, 0.25) is 0 Å². The third kappa shape index (κ3) is 3.20. The monoisotopic (exact) mass is 307 g/mol. The van der Waals surface area contributed by atoms with E-state index in [2.05, 4.69) is 15.9 Å². The van der Waals surface area contributed by atoms with Crippen molar-refractivity contribution < 1.29 is 14.3 Å². The summed E-state index contributed by atoms with van der Waals surface area (Å²) in [5, 5.41) is 8.59. The van der Waals surface area contributed by atoms with E-state index < -0.39 is 17.8 Å². The molecule has 0 aliphatic carbocycles. The molecule has 6 heteroatoms. The largest absolute Gasteiger partial charge is 0.481 e. The molecule has 1 atom stereocenters. The zero-order valence-corrected chi connectivity index (χ0v) is 10.9. The maximum atomic E-state index is 13.6. The van der Waals surface area contributed by atoms with Crippen molar-refractivity contribution >= 4 is 33.7 Å². The molecular formula is C10H11BrFNO2S. The van der Waals surface area contributed by atoms with E-state index in [4.69, 9.17) is 10.8 Å². The van der Waals surface area contributed by atoms with Gasteiger partial charge in [-0.1, -0.05) is 0 Å². The van der Waals surface area contributed by atoms with Gasteiger partial charge in [-0.3, -0.25) is 4.79 Å². The number of carboxylic acids is 1. The van der Waals surface area contributed by atoms with E-state index in [9.17, 15) is 9.18 Å². The van der Waals surface area contributed by atoms with Crippen LogP contribution in [0.3, 0.4) is 0 Å². The fraction of sp³-hybridized carbons (Fsp3) is 0.300. The van der Waals surface area contributed by atoms with Gasteiger partial charge in [0.15, 0.2) is 0 Å². The molecule has 0 aromatic heterocycles. The van der Waals surface area contributed by atoms with Crippen molar-refractivity contribution in [2.75, 3.05) is 6.26 Å². The predicted octanol–water partition coefficient (Wildman–Crippen LogP) is 2.78. The number of nitrogens with two attached hydrogens (primary N) is 1. The number of hydrogen-bond donors (Lipinski definition) is 2. The van der Waals surface area contributed by atoms with E-state index in [1.54, 1.807) is 12.3 Å². The number of rotatable bonds is 4. The van der Waals surface area contributed by atoms with Gasteiger partial charge in [-0.15, -0.1) is 11.8 Å². The summed E-state index contributed by atoms with van der Waals surface area (Å²) < 4.78 is 14.1. The van der Waals surface area contributed by atoms with Crippen LogP contribution in [0.1, 0.15) is 18.0 Å². The summed E-state index contributed by atoms with van der Waals surface area (Å²) in [5.41, 5.74) is 6.13. The number of hydrogen-bond acceptors (Lipinski definition) is 3. The Balaban J connectivity index is 3.03. The molecule has 0 saturated carbocycles. The Morgan fingerprint density at radius 2 is 2.31 bits per heavy atom. The molecule has 0 amide bonds. The molecular weight excluding hydrogens is 297 g/mol. The minimum atomic E-state index is -1.00. The first-order valence-corrected chi connectivity index (χ1v) is 6.47. The minimum Gasteiger partial charge on any atom is -0.481 e. The molecule has 0 aliphatic rings. The van der Waals surface area contributed by atoms with Crippen LogP contribution in [0.2, 0.25) is 0 Å². The summed E-state index contributed by atoms with van der Waals surface area (Å²) in [6.07, 6.45) is 1.55. The highest BCUT2D eigenvalue weighted by atomic mass is 79.9. The lowest BCUT2D eigenvalue weighted by molar-refractivity contribution is -0.137. The summed E-state index contributed by atoms with van der Waals surface area (Å²) in [6, 6.07) is 2.24. The van der Waals surface area contributed by atoms with Crippen LogP contribution in [0.4, 0.5) is 4.39 Å². The van der Waals surface area contributed by atoms with Gasteiger partial charge in [0, 0.05) is 10.5 Å².